The first kappa shape index (κ1) is 20.8. The van der Waals surface area contributed by atoms with Gasteiger partial charge in [0.15, 0.2) is 0 Å². The number of hydrogen-bond acceptors (Lipinski definition) is 5. The maximum atomic E-state index is 14.5. The predicted octanol–water partition coefficient (Wildman–Crippen LogP) is 4.76. The number of aromatic nitrogens is 4. The molecule has 3 aromatic heterocycles. The van der Waals surface area contributed by atoms with Crippen molar-refractivity contribution in [1.82, 2.24) is 25.1 Å². The first-order valence-corrected chi connectivity index (χ1v) is 10.7. The molecule has 1 aliphatic rings. The van der Waals surface area contributed by atoms with Crippen LogP contribution < -0.4 is 4.90 Å². The van der Waals surface area contributed by atoms with Gasteiger partial charge in [0.1, 0.15) is 11.6 Å². The van der Waals surface area contributed by atoms with Crippen molar-refractivity contribution in [3.05, 3.63) is 59.4 Å². The van der Waals surface area contributed by atoms with Crippen LogP contribution in [0.2, 0.25) is 5.02 Å². The lowest BCUT2D eigenvalue weighted by Gasteiger charge is -2.21. The summed E-state index contributed by atoms with van der Waals surface area (Å²) in [6.45, 7) is 1.91. The smallest absolute Gasteiger partial charge is 0.144 e. The van der Waals surface area contributed by atoms with Crippen LogP contribution in [0.4, 0.5) is 14.5 Å². The van der Waals surface area contributed by atoms with E-state index in [1.165, 1.54) is 6.07 Å². The minimum Gasteiger partial charge on any atom is -0.369 e. The first-order chi connectivity index (χ1) is 15.4. The Kier molecular flexibility index (Phi) is 5.27. The van der Waals surface area contributed by atoms with E-state index in [2.05, 4.69) is 39.1 Å². The van der Waals surface area contributed by atoms with Gasteiger partial charge < -0.3 is 9.80 Å². The van der Waals surface area contributed by atoms with Crippen LogP contribution in [0, 0.1) is 11.6 Å². The molecular formula is C23H21ClF2N6. The molecule has 4 heterocycles. The van der Waals surface area contributed by atoms with E-state index in [1.807, 2.05) is 24.4 Å². The summed E-state index contributed by atoms with van der Waals surface area (Å²) in [5.74, 6) is -1.54. The fourth-order valence-electron chi connectivity index (χ4n) is 4.12. The number of nitrogens with zero attached hydrogens (tertiary/aromatic N) is 5. The monoisotopic (exact) mass is 454 g/mol. The molecule has 0 amide bonds. The molecule has 32 heavy (non-hydrogen) atoms. The number of nitrogens with one attached hydrogen (secondary N) is 1. The van der Waals surface area contributed by atoms with Crippen LogP contribution >= 0.6 is 11.6 Å². The number of likely N-dealkylation sites (N-methyl/N-ethyl adjacent to an activating group) is 1. The van der Waals surface area contributed by atoms with Crippen LogP contribution in [0.3, 0.4) is 0 Å². The number of aromatic amines is 1. The molecule has 1 unspecified atom stereocenters. The first-order valence-electron chi connectivity index (χ1n) is 10.3. The Balaban J connectivity index is 1.53. The summed E-state index contributed by atoms with van der Waals surface area (Å²) in [5, 5.41) is 6.68. The second-order valence-corrected chi connectivity index (χ2v) is 8.59. The fourth-order valence-corrected chi connectivity index (χ4v) is 4.28. The highest BCUT2D eigenvalue weighted by Gasteiger charge is 2.24. The minimum absolute atomic E-state index is 0.129. The Morgan fingerprint density at radius 2 is 1.91 bits per heavy atom. The summed E-state index contributed by atoms with van der Waals surface area (Å²) in [6.07, 6.45) is 4.54. The zero-order chi connectivity index (χ0) is 22.4. The van der Waals surface area contributed by atoms with Crippen molar-refractivity contribution in [3.63, 3.8) is 0 Å². The number of hydrogen-bond donors (Lipinski definition) is 1. The lowest BCUT2D eigenvalue weighted by molar-refractivity contribution is 0.315. The summed E-state index contributed by atoms with van der Waals surface area (Å²) < 4.78 is 28.1. The van der Waals surface area contributed by atoms with Gasteiger partial charge in [-0.1, -0.05) is 11.6 Å². The highest BCUT2D eigenvalue weighted by atomic mass is 35.5. The Hall–Kier alpha value is -3.10. The van der Waals surface area contributed by atoms with Gasteiger partial charge in [0.05, 0.1) is 45.5 Å². The molecule has 164 valence electrons. The highest BCUT2D eigenvalue weighted by molar-refractivity contribution is 6.31. The molecule has 1 saturated heterocycles. The van der Waals surface area contributed by atoms with Gasteiger partial charge >= 0.3 is 0 Å². The number of halogens is 3. The van der Waals surface area contributed by atoms with Crippen LogP contribution in [-0.2, 0) is 0 Å². The Morgan fingerprint density at radius 3 is 2.69 bits per heavy atom. The fraction of sp³-hybridized carbons (Fsp3) is 0.261. The molecule has 1 atom stereocenters. The van der Waals surface area contributed by atoms with Gasteiger partial charge in [-0.25, -0.2) is 13.8 Å². The molecule has 0 radical (unpaired) electrons. The summed E-state index contributed by atoms with van der Waals surface area (Å²) in [4.78, 5) is 13.9. The molecule has 0 bridgehead atoms. The van der Waals surface area contributed by atoms with Crippen LogP contribution in [0.1, 0.15) is 6.42 Å². The zero-order valence-electron chi connectivity index (χ0n) is 17.6. The third kappa shape index (κ3) is 3.69. The van der Waals surface area contributed by atoms with E-state index in [-0.39, 0.29) is 10.6 Å². The van der Waals surface area contributed by atoms with E-state index < -0.39 is 11.6 Å². The molecule has 0 aliphatic carbocycles. The average Bonchev–Trinajstić information content (AvgIpc) is 3.45. The molecule has 1 N–H and O–H groups in total. The number of fused-ring (bicyclic) bond motifs is 1. The Bertz CT molecular complexity index is 1310. The third-order valence-corrected chi connectivity index (χ3v) is 6.27. The molecule has 5 rings (SSSR count). The van der Waals surface area contributed by atoms with E-state index in [4.69, 9.17) is 16.6 Å². The Morgan fingerprint density at radius 1 is 1.06 bits per heavy atom. The van der Waals surface area contributed by atoms with Crippen LogP contribution in [0.15, 0.2) is 42.7 Å². The van der Waals surface area contributed by atoms with E-state index >= 15 is 0 Å². The van der Waals surface area contributed by atoms with Crippen molar-refractivity contribution < 1.29 is 8.78 Å². The van der Waals surface area contributed by atoms with Gasteiger partial charge in [-0.05, 0) is 44.8 Å². The molecule has 4 aromatic rings. The summed E-state index contributed by atoms with van der Waals surface area (Å²) in [7, 11) is 4.19. The largest absolute Gasteiger partial charge is 0.369 e. The van der Waals surface area contributed by atoms with Gasteiger partial charge in [-0.2, -0.15) is 5.10 Å². The molecule has 1 fully saturated rings. The number of pyridine rings is 2. The Labute approximate surface area is 188 Å². The normalized spacial score (nSPS) is 16.4. The topological polar surface area (TPSA) is 60.9 Å². The second-order valence-electron chi connectivity index (χ2n) is 8.19. The van der Waals surface area contributed by atoms with Gasteiger partial charge in [0, 0.05) is 36.3 Å². The van der Waals surface area contributed by atoms with Crippen LogP contribution in [-0.4, -0.2) is 58.3 Å². The zero-order valence-corrected chi connectivity index (χ0v) is 18.4. The number of H-pyrrole nitrogens is 1. The number of benzene rings is 1. The highest BCUT2D eigenvalue weighted by Crippen LogP contribution is 2.34. The molecule has 0 saturated carbocycles. The van der Waals surface area contributed by atoms with Crippen LogP contribution in [0.5, 0.6) is 0 Å². The summed E-state index contributed by atoms with van der Waals surface area (Å²) >= 11 is 5.88. The predicted molar refractivity (Wildman–Crippen MR) is 122 cm³/mol. The van der Waals surface area contributed by atoms with Gasteiger partial charge in [-0.3, -0.25) is 10.1 Å². The maximum Gasteiger partial charge on any atom is 0.144 e. The molecule has 1 aliphatic heterocycles. The van der Waals surface area contributed by atoms with Crippen molar-refractivity contribution in [2.75, 3.05) is 32.1 Å². The van der Waals surface area contributed by atoms with Crippen molar-refractivity contribution in [2.24, 2.45) is 0 Å². The van der Waals surface area contributed by atoms with Crippen molar-refractivity contribution in [3.8, 4) is 22.5 Å². The second kappa shape index (κ2) is 8.11. The molecule has 9 heteroatoms. The third-order valence-electron chi connectivity index (χ3n) is 5.98. The van der Waals surface area contributed by atoms with Crippen LogP contribution in [0.25, 0.3) is 33.5 Å². The summed E-state index contributed by atoms with van der Waals surface area (Å²) in [6, 6.07) is 8.24. The lowest BCUT2D eigenvalue weighted by Crippen LogP contribution is -2.31. The van der Waals surface area contributed by atoms with E-state index in [9.17, 15) is 8.78 Å². The molecule has 1 aromatic carbocycles. The lowest BCUT2D eigenvalue weighted by atomic mass is 10.0. The quantitative estimate of drug-likeness (QED) is 0.450. The SMILES string of the molecule is CN(C)C1CCN(c2cnc3ccc(-c4cn[nH]c4-c4cc(Cl)c(F)cc4F)nc3c2)C1. The standard InChI is InChI=1S/C23H21ClF2N6/c1-31(2)13-5-6-32(12-13)14-7-22-21(27-10-14)4-3-20(29-22)16-11-28-30-23(16)15-8-17(24)19(26)9-18(15)25/h3-4,7-11,13H,5-6,12H2,1-2H3,(H,28,30). The number of anilines is 1. The average molecular weight is 455 g/mol. The van der Waals surface area contributed by atoms with E-state index in [0.29, 0.717) is 23.0 Å². The van der Waals surface area contributed by atoms with E-state index in [0.717, 1.165) is 42.3 Å². The maximum absolute atomic E-state index is 14.5. The van der Waals surface area contributed by atoms with Crippen molar-refractivity contribution in [2.45, 2.75) is 12.5 Å². The molecule has 0 spiro atoms. The van der Waals surface area contributed by atoms with Crippen molar-refractivity contribution in [1.29, 1.82) is 0 Å². The van der Waals surface area contributed by atoms with Crippen molar-refractivity contribution >= 4 is 28.3 Å². The minimum atomic E-state index is -0.810. The summed E-state index contributed by atoms with van der Waals surface area (Å²) in [5.41, 5.74) is 4.23. The van der Waals surface area contributed by atoms with E-state index in [1.54, 1.807) is 6.20 Å². The molecule has 6 nitrogen and oxygen atoms in total. The number of rotatable bonds is 4. The van der Waals surface area contributed by atoms with Gasteiger partial charge in [0.25, 0.3) is 0 Å². The molecular weight excluding hydrogens is 434 g/mol. The van der Waals surface area contributed by atoms with Gasteiger partial charge in [0.2, 0.25) is 0 Å². The van der Waals surface area contributed by atoms with Gasteiger partial charge in [-0.15, -0.1) is 0 Å².